The highest BCUT2D eigenvalue weighted by Gasteiger charge is 2.38. The predicted octanol–water partition coefficient (Wildman–Crippen LogP) is 1.67. The molecule has 2 N–H and O–H groups in total. The van der Waals surface area contributed by atoms with E-state index in [9.17, 15) is 0 Å². The number of hydrogen-bond acceptors (Lipinski definition) is 4. The van der Waals surface area contributed by atoms with Gasteiger partial charge in [0, 0.05) is 26.1 Å². The summed E-state index contributed by atoms with van der Waals surface area (Å²) in [6, 6.07) is 0. The Morgan fingerprint density at radius 2 is 2.00 bits per heavy atom. The average molecular weight is 231 g/mol. The second-order valence-corrected chi connectivity index (χ2v) is 4.15. The van der Waals surface area contributed by atoms with Crippen molar-refractivity contribution in [3.63, 3.8) is 0 Å². The van der Waals surface area contributed by atoms with Crippen molar-refractivity contribution in [3.8, 4) is 0 Å². The second kappa shape index (κ2) is 7.22. The second-order valence-electron chi connectivity index (χ2n) is 4.15. The van der Waals surface area contributed by atoms with Crippen LogP contribution in [-0.2, 0) is 14.2 Å². The molecule has 4 heteroatoms. The largest absolute Gasteiger partial charge is 0.378 e. The average Bonchev–Trinajstić information content (AvgIpc) is 2.27. The van der Waals surface area contributed by atoms with Gasteiger partial charge < -0.3 is 19.9 Å². The molecule has 0 amide bonds. The fourth-order valence-corrected chi connectivity index (χ4v) is 2.25. The molecule has 4 nitrogen and oxygen atoms in total. The molecule has 0 spiro atoms. The first-order chi connectivity index (χ1) is 7.76. The van der Waals surface area contributed by atoms with Crippen molar-refractivity contribution in [3.05, 3.63) is 0 Å². The number of rotatable bonds is 7. The van der Waals surface area contributed by atoms with Crippen molar-refractivity contribution in [2.24, 2.45) is 5.73 Å². The molecule has 0 aromatic heterocycles. The summed E-state index contributed by atoms with van der Waals surface area (Å²) < 4.78 is 17.3. The molecule has 1 aliphatic heterocycles. The predicted molar refractivity (Wildman–Crippen MR) is 63.2 cm³/mol. The Morgan fingerprint density at radius 3 is 2.56 bits per heavy atom. The van der Waals surface area contributed by atoms with E-state index in [1.165, 1.54) is 0 Å². The van der Waals surface area contributed by atoms with E-state index in [1.807, 2.05) is 13.8 Å². The Morgan fingerprint density at radius 1 is 1.31 bits per heavy atom. The summed E-state index contributed by atoms with van der Waals surface area (Å²) in [6.07, 6.45) is 3.88. The molecule has 16 heavy (non-hydrogen) atoms. The minimum Gasteiger partial charge on any atom is -0.378 e. The van der Waals surface area contributed by atoms with Crippen LogP contribution in [0.15, 0.2) is 0 Å². The molecular weight excluding hydrogens is 206 g/mol. The minimum absolute atomic E-state index is 0.232. The van der Waals surface area contributed by atoms with Gasteiger partial charge in [-0.25, -0.2) is 0 Å². The molecule has 1 fully saturated rings. The lowest BCUT2D eigenvalue weighted by Crippen LogP contribution is -2.45. The summed E-state index contributed by atoms with van der Waals surface area (Å²) in [4.78, 5) is 0. The zero-order chi connectivity index (χ0) is 11.9. The number of nitrogens with two attached hydrogens (primary N) is 1. The molecule has 1 saturated heterocycles. The number of hydrogen-bond donors (Lipinski definition) is 1. The molecule has 0 saturated carbocycles. The van der Waals surface area contributed by atoms with Crippen molar-refractivity contribution >= 4 is 0 Å². The first-order valence-electron chi connectivity index (χ1n) is 6.36. The first-order valence-corrected chi connectivity index (χ1v) is 6.36. The van der Waals surface area contributed by atoms with Gasteiger partial charge in [-0.2, -0.15) is 0 Å². The summed E-state index contributed by atoms with van der Waals surface area (Å²) in [5, 5.41) is 0. The maximum Gasteiger partial charge on any atom is 0.172 e. The minimum atomic E-state index is -0.416. The molecule has 0 aromatic carbocycles. The normalized spacial score (nSPS) is 24.6. The summed E-state index contributed by atoms with van der Waals surface area (Å²) >= 11 is 0. The lowest BCUT2D eigenvalue weighted by atomic mass is 9.98. The van der Waals surface area contributed by atoms with E-state index in [2.05, 4.69) is 0 Å². The lowest BCUT2D eigenvalue weighted by molar-refractivity contribution is -0.277. The van der Waals surface area contributed by atoms with Crippen LogP contribution < -0.4 is 5.73 Å². The SMILES string of the molecule is CCOC1(OCC)CCOC(CCCN)C1. The van der Waals surface area contributed by atoms with Gasteiger partial charge in [0.1, 0.15) is 0 Å². The van der Waals surface area contributed by atoms with Gasteiger partial charge in [-0.3, -0.25) is 0 Å². The van der Waals surface area contributed by atoms with Crippen LogP contribution in [0.2, 0.25) is 0 Å². The molecule has 96 valence electrons. The lowest BCUT2D eigenvalue weighted by Gasteiger charge is -2.40. The van der Waals surface area contributed by atoms with Crippen molar-refractivity contribution in [2.75, 3.05) is 26.4 Å². The highest BCUT2D eigenvalue weighted by molar-refractivity contribution is 4.80. The molecule has 1 unspecified atom stereocenters. The number of ether oxygens (including phenoxy) is 3. The van der Waals surface area contributed by atoms with Crippen LogP contribution in [0.5, 0.6) is 0 Å². The van der Waals surface area contributed by atoms with Gasteiger partial charge in [-0.05, 0) is 33.2 Å². The molecule has 1 rings (SSSR count). The van der Waals surface area contributed by atoms with Gasteiger partial charge in [0.15, 0.2) is 5.79 Å². The van der Waals surface area contributed by atoms with Crippen LogP contribution in [0.3, 0.4) is 0 Å². The molecule has 0 bridgehead atoms. The molecule has 0 aromatic rings. The van der Waals surface area contributed by atoms with Crippen molar-refractivity contribution in [1.82, 2.24) is 0 Å². The smallest absolute Gasteiger partial charge is 0.172 e. The van der Waals surface area contributed by atoms with E-state index in [1.54, 1.807) is 0 Å². The maximum atomic E-state index is 5.79. The Kier molecular flexibility index (Phi) is 6.28. The van der Waals surface area contributed by atoms with Crippen LogP contribution in [0.25, 0.3) is 0 Å². The fraction of sp³-hybridized carbons (Fsp3) is 1.00. The van der Waals surface area contributed by atoms with Gasteiger partial charge in [-0.1, -0.05) is 0 Å². The summed E-state index contributed by atoms with van der Waals surface area (Å²) in [5.74, 6) is -0.416. The Hall–Kier alpha value is -0.160. The van der Waals surface area contributed by atoms with Crippen molar-refractivity contribution < 1.29 is 14.2 Å². The van der Waals surface area contributed by atoms with Gasteiger partial charge in [0.05, 0.1) is 12.7 Å². The van der Waals surface area contributed by atoms with Crippen LogP contribution in [-0.4, -0.2) is 38.3 Å². The Bertz CT molecular complexity index is 176. The third kappa shape index (κ3) is 4.01. The molecule has 0 radical (unpaired) electrons. The molecule has 1 heterocycles. The molecule has 1 atom stereocenters. The first kappa shape index (κ1) is 13.9. The molecule has 0 aliphatic carbocycles. The fourth-order valence-electron chi connectivity index (χ4n) is 2.25. The summed E-state index contributed by atoms with van der Waals surface area (Å²) in [6.45, 7) is 6.81. The van der Waals surface area contributed by atoms with Gasteiger partial charge in [0.25, 0.3) is 0 Å². The molecule has 1 aliphatic rings. The van der Waals surface area contributed by atoms with Gasteiger partial charge in [0.2, 0.25) is 0 Å². The third-order valence-electron chi connectivity index (χ3n) is 2.92. The van der Waals surface area contributed by atoms with E-state index < -0.39 is 5.79 Å². The van der Waals surface area contributed by atoms with Crippen LogP contribution >= 0.6 is 0 Å². The maximum absolute atomic E-state index is 5.79. The van der Waals surface area contributed by atoms with Gasteiger partial charge in [-0.15, -0.1) is 0 Å². The quantitative estimate of drug-likeness (QED) is 0.677. The van der Waals surface area contributed by atoms with E-state index in [0.717, 1.165) is 38.8 Å². The monoisotopic (exact) mass is 231 g/mol. The van der Waals surface area contributed by atoms with Crippen LogP contribution in [0.1, 0.15) is 39.5 Å². The van der Waals surface area contributed by atoms with Crippen LogP contribution in [0, 0.1) is 0 Å². The van der Waals surface area contributed by atoms with Crippen molar-refractivity contribution in [2.45, 2.75) is 51.4 Å². The highest BCUT2D eigenvalue weighted by Crippen LogP contribution is 2.31. The Balaban J connectivity index is 2.48. The van der Waals surface area contributed by atoms with E-state index >= 15 is 0 Å². The summed E-state index contributed by atoms with van der Waals surface area (Å²) in [7, 11) is 0. The zero-order valence-corrected chi connectivity index (χ0v) is 10.5. The highest BCUT2D eigenvalue weighted by atomic mass is 16.7. The third-order valence-corrected chi connectivity index (χ3v) is 2.92. The topological polar surface area (TPSA) is 53.7 Å². The van der Waals surface area contributed by atoms with E-state index in [0.29, 0.717) is 13.2 Å². The standard InChI is InChI=1S/C12H25NO3/c1-3-15-12(16-4-2)7-9-14-11(10-12)6-5-8-13/h11H,3-10,13H2,1-2H3. The van der Waals surface area contributed by atoms with E-state index in [-0.39, 0.29) is 6.10 Å². The van der Waals surface area contributed by atoms with Gasteiger partial charge >= 0.3 is 0 Å². The van der Waals surface area contributed by atoms with Crippen LogP contribution in [0.4, 0.5) is 0 Å². The van der Waals surface area contributed by atoms with Crippen molar-refractivity contribution in [1.29, 1.82) is 0 Å². The summed E-state index contributed by atoms with van der Waals surface area (Å²) in [5.41, 5.74) is 5.51. The van der Waals surface area contributed by atoms with E-state index in [4.69, 9.17) is 19.9 Å². The Labute approximate surface area is 98.4 Å². The molecular formula is C12H25NO3. The zero-order valence-electron chi connectivity index (χ0n) is 10.5.